The highest BCUT2D eigenvalue weighted by atomic mass is 32.1. The van der Waals surface area contributed by atoms with Crippen molar-refractivity contribution in [3.8, 4) is 0 Å². The number of hydrogen-bond donors (Lipinski definition) is 2. The monoisotopic (exact) mass is 167 g/mol. The number of hydrogen-bond acceptors (Lipinski definition) is 2. The third-order valence-electron chi connectivity index (χ3n) is 1.49. The van der Waals surface area contributed by atoms with Crippen molar-refractivity contribution in [3.63, 3.8) is 0 Å². The molecule has 1 aromatic carbocycles. The summed E-state index contributed by atoms with van der Waals surface area (Å²) < 4.78 is 0. The molecule has 0 fully saturated rings. The summed E-state index contributed by atoms with van der Waals surface area (Å²) in [6.45, 7) is 4.05. The smallest absolute Gasteiger partial charge is 0.0205 e. The van der Waals surface area contributed by atoms with Crippen LogP contribution in [0.4, 0.5) is 0 Å². The Bertz CT molecular complexity index is 223. The molecule has 11 heavy (non-hydrogen) atoms. The molecule has 1 nitrogen and oxygen atoms in total. The molecule has 0 radical (unpaired) electrons. The van der Waals surface area contributed by atoms with E-state index in [1.807, 2.05) is 12.1 Å². The van der Waals surface area contributed by atoms with Crippen LogP contribution in [0.15, 0.2) is 29.2 Å². The molecule has 1 rings (SSSR count). The van der Waals surface area contributed by atoms with Crippen LogP contribution in [0, 0.1) is 0 Å². The molecule has 0 spiro atoms. The Kier molecular flexibility index (Phi) is 3.46. The number of nitrogens with one attached hydrogen (secondary N) is 1. The largest absolute Gasteiger partial charge is 0.313 e. The maximum atomic E-state index is 4.25. The van der Waals surface area contributed by atoms with Crippen molar-refractivity contribution in [2.75, 3.05) is 6.54 Å². The van der Waals surface area contributed by atoms with Gasteiger partial charge in [0.05, 0.1) is 0 Å². The van der Waals surface area contributed by atoms with E-state index in [1.165, 1.54) is 5.56 Å². The zero-order chi connectivity index (χ0) is 8.10. The highest BCUT2D eigenvalue weighted by molar-refractivity contribution is 7.80. The van der Waals surface area contributed by atoms with Gasteiger partial charge < -0.3 is 5.32 Å². The van der Waals surface area contributed by atoms with Crippen LogP contribution in [-0.2, 0) is 6.54 Å². The van der Waals surface area contributed by atoms with Crippen LogP contribution < -0.4 is 5.32 Å². The predicted molar refractivity (Wildman–Crippen MR) is 51.1 cm³/mol. The first-order valence-electron chi connectivity index (χ1n) is 3.81. The fourth-order valence-corrected chi connectivity index (χ4v) is 1.19. The fourth-order valence-electron chi connectivity index (χ4n) is 0.936. The van der Waals surface area contributed by atoms with E-state index in [9.17, 15) is 0 Å². The molecule has 0 saturated heterocycles. The Balaban J connectivity index is 2.56. The first kappa shape index (κ1) is 8.62. The molecular weight excluding hydrogens is 154 g/mol. The van der Waals surface area contributed by atoms with E-state index in [0.29, 0.717) is 0 Å². The van der Waals surface area contributed by atoms with E-state index in [4.69, 9.17) is 0 Å². The lowest BCUT2D eigenvalue weighted by atomic mass is 10.2. The van der Waals surface area contributed by atoms with Crippen molar-refractivity contribution in [2.24, 2.45) is 0 Å². The summed E-state index contributed by atoms with van der Waals surface area (Å²) in [6.07, 6.45) is 0. The Labute approximate surface area is 73.2 Å². The molecule has 1 N–H and O–H groups in total. The van der Waals surface area contributed by atoms with Crippen molar-refractivity contribution in [1.29, 1.82) is 0 Å². The highest BCUT2D eigenvalue weighted by Crippen LogP contribution is 2.07. The summed E-state index contributed by atoms with van der Waals surface area (Å²) in [5.41, 5.74) is 1.29. The van der Waals surface area contributed by atoms with Gasteiger partial charge in [-0.25, -0.2) is 0 Å². The topological polar surface area (TPSA) is 12.0 Å². The second kappa shape index (κ2) is 4.42. The summed E-state index contributed by atoms with van der Waals surface area (Å²) in [5, 5.41) is 3.26. The van der Waals surface area contributed by atoms with Crippen LogP contribution in [0.5, 0.6) is 0 Å². The molecule has 1 aromatic rings. The minimum Gasteiger partial charge on any atom is -0.313 e. The van der Waals surface area contributed by atoms with Gasteiger partial charge in [-0.1, -0.05) is 19.1 Å². The van der Waals surface area contributed by atoms with Crippen LogP contribution in [-0.4, -0.2) is 6.54 Å². The second-order valence-corrected chi connectivity index (χ2v) is 2.97. The van der Waals surface area contributed by atoms with Gasteiger partial charge in [-0.05, 0) is 24.2 Å². The van der Waals surface area contributed by atoms with Gasteiger partial charge in [0.1, 0.15) is 0 Å². The van der Waals surface area contributed by atoms with Crippen molar-refractivity contribution < 1.29 is 0 Å². The van der Waals surface area contributed by atoms with Crippen LogP contribution in [0.25, 0.3) is 0 Å². The van der Waals surface area contributed by atoms with E-state index in [1.54, 1.807) is 0 Å². The summed E-state index contributed by atoms with van der Waals surface area (Å²) in [6, 6.07) is 8.18. The summed E-state index contributed by atoms with van der Waals surface area (Å²) in [5.74, 6) is 0. The van der Waals surface area contributed by atoms with E-state index in [0.717, 1.165) is 18.0 Å². The van der Waals surface area contributed by atoms with Gasteiger partial charge in [-0.2, -0.15) is 0 Å². The molecule has 0 saturated carbocycles. The lowest BCUT2D eigenvalue weighted by molar-refractivity contribution is 0.725. The Morgan fingerprint density at radius 2 is 2.27 bits per heavy atom. The fraction of sp³-hybridized carbons (Fsp3) is 0.333. The van der Waals surface area contributed by atoms with Gasteiger partial charge >= 0.3 is 0 Å². The van der Waals surface area contributed by atoms with E-state index in [-0.39, 0.29) is 0 Å². The minimum absolute atomic E-state index is 0.935. The van der Waals surface area contributed by atoms with Crippen LogP contribution in [0.2, 0.25) is 0 Å². The Hall–Kier alpha value is -0.470. The van der Waals surface area contributed by atoms with Crippen LogP contribution >= 0.6 is 12.6 Å². The SMILES string of the molecule is CCNCc1cccc(S)c1. The van der Waals surface area contributed by atoms with Gasteiger partial charge in [0.15, 0.2) is 0 Å². The maximum Gasteiger partial charge on any atom is 0.0205 e. The third-order valence-corrected chi connectivity index (χ3v) is 1.77. The van der Waals surface area contributed by atoms with E-state index >= 15 is 0 Å². The highest BCUT2D eigenvalue weighted by Gasteiger charge is 1.90. The van der Waals surface area contributed by atoms with Crippen LogP contribution in [0.3, 0.4) is 0 Å². The maximum absolute atomic E-state index is 4.25. The Morgan fingerprint density at radius 1 is 1.45 bits per heavy atom. The zero-order valence-corrected chi connectivity index (χ0v) is 7.57. The predicted octanol–water partition coefficient (Wildman–Crippen LogP) is 2.08. The number of benzene rings is 1. The summed E-state index contributed by atoms with van der Waals surface area (Å²) in [7, 11) is 0. The lowest BCUT2D eigenvalue weighted by Crippen LogP contribution is -2.11. The number of thiol groups is 1. The summed E-state index contributed by atoms with van der Waals surface area (Å²) >= 11 is 4.25. The third kappa shape index (κ3) is 2.95. The molecule has 2 heteroatoms. The van der Waals surface area contributed by atoms with Crippen molar-refractivity contribution in [2.45, 2.75) is 18.4 Å². The first-order valence-corrected chi connectivity index (χ1v) is 4.26. The lowest BCUT2D eigenvalue weighted by Gasteiger charge is -2.01. The molecule has 0 aromatic heterocycles. The molecular formula is C9H13NS. The summed E-state index contributed by atoms with van der Waals surface area (Å²) in [4.78, 5) is 1.03. The molecule has 0 amide bonds. The Morgan fingerprint density at radius 3 is 2.91 bits per heavy atom. The minimum atomic E-state index is 0.935. The molecule has 0 unspecified atom stereocenters. The normalized spacial score (nSPS) is 10.0. The van der Waals surface area contributed by atoms with Gasteiger partial charge in [0.25, 0.3) is 0 Å². The number of rotatable bonds is 3. The van der Waals surface area contributed by atoms with Gasteiger partial charge in [0.2, 0.25) is 0 Å². The van der Waals surface area contributed by atoms with Gasteiger partial charge in [0, 0.05) is 11.4 Å². The standard InChI is InChI=1S/C9H13NS/c1-2-10-7-8-4-3-5-9(11)6-8/h3-6,10-11H,2,7H2,1H3. The van der Waals surface area contributed by atoms with Crippen molar-refractivity contribution >= 4 is 12.6 Å². The average molecular weight is 167 g/mol. The van der Waals surface area contributed by atoms with Crippen molar-refractivity contribution in [1.82, 2.24) is 5.32 Å². The second-order valence-electron chi connectivity index (χ2n) is 2.45. The van der Waals surface area contributed by atoms with E-state index in [2.05, 4.69) is 37.0 Å². The molecule has 0 aliphatic rings. The quantitative estimate of drug-likeness (QED) is 0.657. The molecule has 0 aliphatic heterocycles. The zero-order valence-electron chi connectivity index (χ0n) is 6.67. The molecule has 60 valence electrons. The van der Waals surface area contributed by atoms with Gasteiger partial charge in [-0.3, -0.25) is 0 Å². The van der Waals surface area contributed by atoms with Crippen molar-refractivity contribution in [3.05, 3.63) is 29.8 Å². The molecule has 0 heterocycles. The van der Waals surface area contributed by atoms with E-state index < -0.39 is 0 Å². The van der Waals surface area contributed by atoms with Gasteiger partial charge in [-0.15, -0.1) is 12.6 Å². The molecule has 0 aliphatic carbocycles. The van der Waals surface area contributed by atoms with Crippen LogP contribution in [0.1, 0.15) is 12.5 Å². The molecule has 0 atom stereocenters. The first-order chi connectivity index (χ1) is 5.33. The molecule has 0 bridgehead atoms. The average Bonchev–Trinajstić information content (AvgIpc) is 2.01.